The molecule has 29 heavy (non-hydrogen) atoms. The van der Waals surface area contributed by atoms with Gasteiger partial charge in [-0.2, -0.15) is 0 Å². The molecule has 0 aliphatic heterocycles. The minimum atomic E-state index is -0.135. The molecule has 3 rings (SSSR count). The molecule has 6 heteroatoms. The lowest BCUT2D eigenvalue weighted by Crippen LogP contribution is -2.15. The van der Waals surface area contributed by atoms with Crippen molar-refractivity contribution in [2.45, 2.75) is 6.42 Å². The van der Waals surface area contributed by atoms with Crippen molar-refractivity contribution in [3.63, 3.8) is 0 Å². The first-order valence-electron chi connectivity index (χ1n) is 8.99. The zero-order valence-corrected chi connectivity index (χ0v) is 17.1. The number of anilines is 3. The van der Waals surface area contributed by atoms with Crippen molar-refractivity contribution in [3.05, 3.63) is 95.0 Å². The number of rotatable bonds is 8. The van der Waals surface area contributed by atoms with Gasteiger partial charge in [-0.15, -0.1) is 0 Å². The zero-order chi connectivity index (χ0) is 20.6. The second-order valence-electron chi connectivity index (χ2n) is 6.23. The van der Waals surface area contributed by atoms with E-state index in [1.54, 1.807) is 48.5 Å². The van der Waals surface area contributed by atoms with Crippen molar-refractivity contribution in [2.24, 2.45) is 0 Å². The number of nitrogens with one attached hydrogen (secondary N) is 2. The molecule has 3 aromatic rings. The molecule has 1 amide bonds. The Kier molecular flexibility index (Phi) is 7.17. The van der Waals surface area contributed by atoms with Gasteiger partial charge >= 0.3 is 0 Å². The first kappa shape index (κ1) is 20.8. The Labute approximate surface area is 180 Å². The quantitative estimate of drug-likeness (QED) is 0.405. The average Bonchev–Trinajstić information content (AvgIpc) is 2.71. The van der Waals surface area contributed by atoms with Crippen molar-refractivity contribution >= 4 is 46.2 Å². The summed E-state index contributed by atoms with van der Waals surface area (Å²) in [5, 5.41) is 7.15. The molecule has 0 heterocycles. The number of hydrogen-bond acceptors (Lipinski definition) is 3. The van der Waals surface area contributed by atoms with Gasteiger partial charge in [0.15, 0.2) is 0 Å². The Morgan fingerprint density at radius 2 is 1.66 bits per heavy atom. The third kappa shape index (κ3) is 5.76. The fraction of sp³-hybridized carbons (Fsp3) is 0.0870. The summed E-state index contributed by atoms with van der Waals surface area (Å²) in [6.45, 7) is 4.05. The number of carbonyl (C=O) groups is 1. The number of ether oxygens (including phenoxy) is 1. The molecule has 0 aliphatic rings. The van der Waals surface area contributed by atoms with Gasteiger partial charge in [0.05, 0.1) is 22.2 Å². The molecule has 0 aliphatic carbocycles. The van der Waals surface area contributed by atoms with E-state index in [4.69, 9.17) is 27.9 Å². The van der Waals surface area contributed by atoms with Crippen LogP contribution in [0.5, 0.6) is 5.75 Å². The summed E-state index contributed by atoms with van der Waals surface area (Å²) in [4.78, 5) is 12.5. The Bertz CT molecular complexity index is 984. The van der Waals surface area contributed by atoms with Crippen LogP contribution in [0.3, 0.4) is 0 Å². The summed E-state index contributed by atoms with van der Waals surface area (Å²) >= 11 is 12.5. The van der Waals surface area contributed by atoms with Crippen LogP contribution in [0.2, 0.25) is 10.0 Å². The number of carbonyl (C=O) groups excluding carboxylic acids is 1. The van der Waals surface area contributed by atoms with Gasteiger partial charge in [0.2, 0.25) is 5.91 Å². The Balaban J connectivity index is 1.69. The molecule has 0 saturated carbocycles. The molecule has 4 nitrogen and oxygen atoms in total. The third-order valence-corrected chi connectivity index (χ3v) is 4.73. The van der Waals surface area contributed by atoms with Crippen LogP contribution in [0.15, 0.2) is 79.4 Å². The highest BCUT2D eigenvalue weighted by Gasteiger charge is 2.11. The predicted molar refractivity (Wildman–Crippen MR) is 121 cm³/mol. The van der Waals surface area contributed by atoms with Gasteiger partial charge in [0.25, 0.3) is 0 Å². The van der Waals surface area contributed by atoms with E-state index in [2.05, 4.69) is 17.2 Å². The second kappa shape index (κ2) is 10.0. The van der Waals surface area contributed by atoms with E-state index in [0.717, 1.165) is 11.3 Å². The number of amides is 1. The highest BCUT2D eigenvalue weighted by atomic mass is 35.5. The molecule has 0 spiro atoms. The van der Waals surface area contributed by atoms with Crippen molar-refractivity contribution < 1.29 is 9.53 Å². The SMILES string of the molecule is C=CCOc1ccc(NC(=O)Cc2ccccc2Nc2c(Cl)cccc2Cl)cc1. The van der Waals surface area contributed by atoms with Crippen LogP contribution in [0, 0.1) is 0 Å². The largest absolute Gasteiger partial charge is 0.490 e. The first-order chi connectivity index (χ1) is 14.1. The van der Waals surface area contributed by atoms with Gasteiger partial charge in [-0.25, -0.2) is 0 Å². The fourth-order valence-electron chi connectivity index (χ4n) is 2.72. The Hall–Kier alpha value is -2.95. The van der Waals surface area contributed by atoms with Crippen molar-refractivity contribution in [1.29, 1.82) is 0 Å². The van der Waals surface area contributed by atoms with Gasteiger partial charge < -0.3 is 15.4 Å². The maximum absolute atomic E-state index is 12.5. The lowest BCUT2D eigenvalue weighted by Gasteiger charge is -2.14. The zero-order valence-electron chi connectivity index (χ0n) is 15.6. The number of hydrogen-bond donors (Lipinski definition) is 2. The topological polar surface area (TPSA) is 50.4 Å². The summed E-state index contributed by atoms with van der Waals surface area (Å²) in [6, 6.07) is 20.0. The van der Waals surface area contributed by atoms with E-state index in [9.17, 15) is 4.79 Å². The standard InChI is InChI=1S/C23H20Cl2N2O2/c1-2-14-29-18-12-10-17(11-13-18)26-22(28)15-16-6-3-4-9-21(16)27-23-19(24)7-5-8-20(23)25/h2-13,27H,1,14-15H2,(H,26,28). The van der Waals surface area contributed by atoms with Gasteiger partial charge in [0, 0.05) is 11.4 Å². The van der Waals surface area contributed by atoms with Gasteiger partial charge in [0.1, 0.15) is 12.4 Å². The van der Waals surface area contributed by atoms with Gasteiger partial charge in [-0.3, -0.25) is 4.79 Å². The molecule has 0 bridgehead atoms. The highest BCUT2D eigenvalue weighted by molar-refractivity contribution is 6.39. The monoisotopic (exact) mass is 426 g/mol. The summed E-state index contributed by atoms with van der Waals surface area (Å²) in [7, 11) is 0. The Morgan fingerprint density at radius 3 is 2.34 bits per heavy atom. The van der Waals surface area contributed by atoms with Gasteiger partial charge in [-0.1, -0.05) is 60.1 Å². The van der Waals surface area contributed by atoms with Crippen LogP contribution in [-0.4, -0.2) is 12.5 Å². The normalized spacial score (nSPS) is 10.3. The highest BCUT2D eigenvalue weighted by Crippen LogP contribution is 2.33. The molecule has 3 aromatic carbocycles. The fourth-order valence-corrected chi connectivity index (χ4v) is 3.21. The molecule has 0 radical (unpaired) electrons. The van der Waals surface area contributed by atoms with Crippen LogP contribution in [-0.2, 0) is 11.2 Å². The lowest BCUT2D eigenvalue weighted by atomic mass is 10.1. The summed E-state index contributed by atoms with van der Waals surface area (Å²) in [5.41, 5.74) is 2.90. The molecule has 0 saturated heterocycles. The van der Waals surface area contributed by atoms with Crippen molar-refractivity contribution in [3.8, 4) is 5.75 Å². The minimum absolute atomic E-state index is 0.135. The summed E-state index contributed by atoms with van der Waals surface area (Å²) in [5.74, 6) is 0.582. The predicted octanol–water partition coefficient (Wildman–Crippen LogP) is 6.48. The summed E-state index contributed by atoms with van der Waals surface area (Å²) < 4.78 is 5.44. The molecular formula is C23H20Cl2N2O2. The number of benzene rings is 3. The van der Waals surface area contributed by atoms with E-state index in [1.165, 1.54) is 0 Å². The van der Waals surface area contributed by atoms with Crippen LogP contribution in [0.4, 0.5) is 17.1 Å². The van der Waals surface area contributed by atoms with Crippen LogP contribution >= 0.6 is 23.2 Å². The summed E-state index contributed by atoms with van der Waals surface area (Å²) in [6.07, 6.45) is 1.87. The van der Waals surface area contributed by atoms with E-state index in [-0.39, 0.29) is 12.3 Å². The molecule has 148 valence electrons. The van der Waals surface area contributed by atoms with E-state index >= 15 is 0 Å². The molecule has 2 N–H and O–H groups in total. The van der Waals surface area contributed by atoms with Crippen molar-refractivity contribution in [2.75, 3.05) is 17.2 Å². The second-order valence-corrected chi connectivity index (χ2v) is 7.04. The molecule has 0 atom stereocenters. The van der Waals surface area contributed by atoms with Gasteiger partial charge in [-0.05, 0) is 48.0 Å². The molecule has 0 fully saturated rings. The number of para-hydroxylation sites is 2. The average molecular weight is 427 g/mol. The molecule has 0 aromatic heterocycles. The van der Waals surface area contributed by atoms with Crippen LogP contribution < -0.4 is 15.4 Å². The first-order valence-corrected chi connectivity index (χ1v) is 9.75. The number of halogens is 2. The molecular weight excluding hydrogens is 407 g/mol. The van der Waals surface area contributed by atoms with Crippen molar-refractivity contribution in [1.82, 2.24) is 0 Å². The smallest absolute Gasteiger partial charge is 0.228 e. The third-order valence-electron chi connectivity index (χ3n) is 4.10. The Morgan fingerprint density at radius 1 is 0.966 bits per heavy atom. The minimum Gasteiger partial charge on any atom is -0.490 e. The van der Waals surface area contributed by atoms with Crippen LogP contribution in [0.1, 0.15) is 5.56 Å². The van der Waals surface area contributed by atoms with E-state index in [0.29, 0.717) is 33.8 Å². The van der Waals surface area contributed by atoms with E-state index < -0.39 is 0 Å². The molecule has 0 unspecified atom stereocenters. The van der Waals surface area contributed by atoms with Crippen LogP contribution in [0.25, 0.3) is 0 Å². The van der Waals surface area contributed by atoms with E-state index in [1.807, 2.05) is 24.3 Å². The maximum atomic E-state index is 12.5. The maximum Gasteiger partial charge on any atom is 0.228 e. The lowest BCUT2D eigenvalue weighted by molar-refractivity contribution is -0.115.